The Kier molecular flexibility index (Phi) is 6.78. The van der Waals surface area contributed by atoms with E-state index in [-0.39, 0.29) is 5.96 Å². The van der Waals surface area contributed by atoms with Crippen LogP contribution in [0.5, 0.6) is 5.75 Å². The molecule has 1 aliphatic heterocycles. The molecule has 0 aliphatic carbocycles. The molecular weight excluding hydrogens is 426 g/mol. The molecule has 1 amide bonds. The second kappa shape index (κ2) is 9.89. The van der Waals surface area contributed by atoms with Gasteiger partial charge in [-0.05, 0) is 59.3 Å². The first-order valence-corrected chi connectivity index (χ1v) is 10.9. The Bertz CT molecular complexity index is 1110. The molecule has 166 valence electrons. The van der Waals surface area contributed by atoms with Crippen LogP contribution < -0.4 is 20.7 Å². The summed E-state index contributed by atoms with van der Waals surface area (Å²) in [6.45, 7) is 5.44. The molecule has 0 aromatic heterocycles. The lowest BCUT2D eigenvalue weighted by Gasteiger charge is -2.36. The Morgan fingerprint density at radius 2 is 1.69 bits per heavy atom. The number of carbonyl (C=O) groups is 1. The van der Waals surface area contributed by atoms with Crippen molar-refractivity contribution in [2.45, 2.75) is 0 Å². The molecular formula is C24H26ClN5O2. The molecule has 4 N–H and O–H groups in total. The number of nitrogens with one attached hydrogen (secondary N) is 2. The molecule has 0 atom stereocenters. The molecule has 1 saturated heterocycles. The van der Waals surface area contributed by atoms with Gasteiger partial charge in [-0.25, -0.2) is 0 Å². The maximum Gasteiger partial charge on any atom is 0.257 e. The lowest BCUT2D eigenvalue weighted by Crippen LogP contribution is -2.47. The molecule has 8 heteroatoms. The SMILES string of the molecule is N=C(N)NC(=O)c1ccc2cc(OCCN3CCN(c4ccc(Cl)cc4)CC3)ccc2c1. The molecule has 1 fully saturated rings. The fraction of sp³-hybridized carbons (Fsp3) is 0.250. The number of amides is 1. The predicted molar refractivity (Wildman–Crippen MR) is 129 cm³/mol. The molecule has 3 aromatic rings. The zero-order chi connectivity index (χ0) is 22.5. The summed E-state index contributed by atoms with van der Waals surface area (Å²) in [6.07, 6.45) is 0. The van der Waals surface area contributed by atoms with Crippen LogP contribution in [0.2, 0.25) is 5.02 Å². The van der Waals surface area contributed by atoms with Crippen molar-refractivity contribution in [3.05, 3.63) is 71.2 Å². The molecule has 3 aromatic carbocycles. The van der Waals surface area contributed by atoms with Gasteiger partial charge in [0, 0.05) is 49.0 Å². The number of anilines is 1. The van der Waals surface area contributed by atoms with E-state index in [0.29, 0.717) is 12.2 Å². The smallest absolute Gasteiger partial charge is 0.257 e. The van der Waals surface area contributed by atoms with Gasteiger partial charge in [0.05, 0.1) is 0 Å². The summed E-state index contributed by atoms with van der Waals surface area (Å²) < 4.78 is 5.98. The van der Waals surface area contributed by atoms with E-state index in [1.807, 2.05) is 36.4 Å². The molecule has 1 aliphatic rings. The number of rotatable bonds is 6. The monoisotopic (exact) mass is 451 g/mol. The average molecular weight is 452 g/mol. The van der Waals surface area contributed by atoms with Crippen LogP contribution >= 0.6 is 11.6 Å². The van der Waals surface area contributed by atoms with Gasteiger partial charge in [-0.3, -0.25) is 20.4 Å². The van der Waals surface area contributed by atoms with Gasteiger partial charge < -0.3 is 15.4 Å². The molecule has 0 spiro atoms. The number of fused-ring (bicyclic) bond motifs is 1. The van der Waals surface area contributed by atoms with Crippen molar-refractivity contribution in [2.75, 3.05) is 44.2 Å². The van der Waals surface area contributed by atoms with E-state index in [9.17, 15) is 4.79 Å². The van der Waals surface area contributed by atoms with Gasteiger partial charge >= 0.3 is 0 Å². The highest BCUT2D eigenvalue weighted by Crippen LogP contribution is 2.23. The summed E-state index contributed by atoms with van der Waals surface area (Å²) in [5, 5.41) is 12.1. The summed E-state index contributed by atoms with van der Waals surface area (Å²) in [6, 6.07) is 19.2. The first kappa shape index (κ1) is 21.9. The summed E-state index contributed by atoms with van der Waals surface area (Å²) in [5.41, 5.74) is 6.90. The minimum Gasteiger partial charge on any atom is -0.492 e. The Labute approximate surface area is 192 Å². The zero-order valence-electron chi connectivity index (χ0n) is 17.7. The molecule has 0 saturated carbocycles. The zero-order valence-corrected chi connectivity index (χ0v) is 18.4. The lowest BCUT2D eigenvalue weighted by atomic mass is 10.1. The van der Waals surface area contributed by atoms with Crippen molar-refractivity contribution >= 4 is 39.9 Å². The van der Waals surface area contributed by atoms with Crippen LogP contribution in [-0.2, 0) is 0 Å². The first-order chi connectivity index (χ1) is 15.5. The van der Waals surface area contributed by atoms with Crippen LogP contribution in [0.1, 0.15) is 10.4 Å². The second-order valence-electron chi connectivity index (χ2n) is 7.75. The van der Waals surface area contributed by atoms with Crippen molar-refractivity contribution in [3.63, 3.8) is 0 Å². The van der Waals surface area contributed by atoms with E-state index in [4.69, 9.17) is 27.5 Å². The fourth-order valence-electron chi connectivity index (χ4n) is 3.82. The molecule has 4 rings (SSSR count). The predicted octanol–water partition coefficient (Wildman–Crippen LogP) is 3.32. The van der Waals surface area contributed by atoms with Crippen molar-refractivity contribution in [2.24, 2.45) is 5.73 Å². The van der Waals surface area contributed by atoms with Gasteiger partial charge in [-0.15, -0.1) is 0 Å². The topological polar surface area (TPSA) is 94.7 Å². The highest BCUT2D eigenvalue weighted by Gasteiger charge is 2.17. The van der Waals surface area contributed by atoms with Crippen LogP contribution in [0.25, 0.3) is 10.8 Å². The highest BCUT2D eigenvalue weighted by molar-refractivity contribution is 6.30. The van der Waals surface area contributed by atoms with Crippen LogP contribution in [0.3, 0.4) is 0 Å². The normalized spacial score (nSPS) is 14.3. The third-order valence-corrected chi connectivity index (χ3v) is 5.81. The minimum atomic E-state index is -0.393. The van der Waals surface area contributed by atoms with Crippen LogP contribution in [0.15, 0.2) is 60.7 Å². The van der Waals surface area contributed by atoms with Crippen molar-refractivity contribution in [1.82, 2.24) is 10.2 Å². The Balaban J connectivity index is 1.27. The van der Waals surface area contributed by atoms with Gasteiger partial charge in [0.15, 0.2) is 5.96 Å². The second-order valence-corrected chi connectivity index (χ2v) is 8.18. The van der Waals surface area contributed by atoms with Crippen LogP contribution in [-0.4, -0.2) is 56.1 Å². The highest BCUT2D eigenvalue weighted by atomic mass is 35.5. The quantitative estimate of drug-likeness (QED) is 0.395. The average Bonchev–Trinajstić information content (AvgIpc) is 2.79. The van der Waals surface area contributed by atoms with Gasteiger partial charge in [0.25, 0.3) is 5.91 Å². The van der Waals surface area contributed by atoms with Crippen molar-refractivity contribution in [3.8, 4) is 5.75 Å². The number of nitrogens with two attached hydrogens (primary N) is 1. The third-order valence-electron chi connectivity index (χ3n) is 5.56. The number of hydrogen-bond acceptors (Lipinski definition) is 5. The van der Waals surface area contributed by atoms with E-state index in [1.165, 1.54) is 5.69 Å². The van der Waals surface area contributed by atoms with Gasteiger partial charge in [0.2, 0.25) is 0 Å². The van der Waals surface area contributed by atoms with Crippen molar-refractivity contribution in [1.29, 1.82) is 5.41 Å². The Hall–Kier alpha value is -3.29. The number of guanidine groups is 1. The lowest BCUT2D eigenvalue weighted by molar-refractivity contribution is 0.0976. The van der Waals surface area contributed by atoms with Gasteiger partial charge in [-0.1, -0.05) is 23.7 Å². The molecule has 32 heavy (non-hydrogen) atoms. The fourth-order valence-corrected chi connectivity index (χ4v) is 3.95. The largest absolute Gasteiger partial charge is 0.492 e. The molecule has 1 heterocycles. The summed E-state index contributed by atoms with van der Waals surface area (Å²) in [4.78, 5) is 16.8. The number of halogens is 1. The molecule has 7 nitrogen and oxygen atoms in total. The molecule has 0 bridgehead atoms. The number of benzene rings is 3. The van der Waals surface area contributed by atoms with E-state index in [1.54, 1.807) is 12.1 Å². The number of piperazine rings is 1. The standard InChI is InChI=1S/C24H26ClN5O2/c25-20-4-6-21(7-5-20)30-11-9-29(10-12-30)13-14-32-22-8-3-17-15-19(2-1-18(17)16-22)23(31)28-24(26)27/h1-8,15-16H,9-14H2,(H4,26,27,28,31). The number of carbonyl (C=O) groups excluding carboxylic acids is 1. The van der Waals surface area contributed by atoms with E-state index < -0.39 is 5.91 Å². The van der Waals surface area contributed by atoms with Crippen LogP contribution in [0, 0.1) is 5.41 Å². The number of ether oxygens (including phenoxy) is 1. The number of nitrogens with zero attached hydrogens (tertiary/aromatic N) is 2. The van der Waals surface area contributed by atoms with E-state index in [2.05, 4.69) is 27.2 Å². The third kappa shape index (κ3) is 5.49. The van der Waals surface area contributed by atoms with E-state index >= 15 is 0 Å². The number of hydrogen-bond donors (Lipinski definition) is 3. The Morgan fingerprint density at radius 3 is 2.41 bits per heavy atom. The van der Waals surface area contributed by atoms with Gasteiger partial charge in [-0.2, -0.15) is 0 Å². The maximum atomic E-state index is 12.0. The molecule has 0 unspecified atom stereocenters. The van der Waals surface area contributed by atoms with E-state index in [0.717, 1.165) is 54.3 Å². The minimum absolute atomic E-state index is 0.370. The summed E-state index contributed by atoms with van der Waals surface area (Å²) in [5.74, 6) is 0.0411. The van der Waals surface area contributed by atoms with Gasteiger partial charge in [0.1, 0.15) is 12.4 Å². The summed E-state index contributed by atoms with van der Waals surface area (Å²) in [7, 11) is 0. The van der Waals surface area contributed by atoms with Crippen LogP contribution in [0.4, 0.5) is 5.69 Å². The summed E-state index contributed by atoms with van der Waals surface area (Å²) >= 11 is 5.98. The maximum absolute atomic E-state index is 12.0. The molecule has 0 radical (unpaired) electrons. The Morgan fingerprint density at radius 1 is 1.00 bits per heavy atom. The first-order valence-electron chi connectivity index (χ1n) is 10.5. The van der Waals surface area contributed by atoms with Crippen molar-refractivity contribution < 1.29 is 9.53 Å².